The van der Waals surface area contributed by atoms with Crippen LogP contribution in [0, 0.1) is 5.92 Å². The molecular weight excluding hydrogens is 490 g/mol. The summed E-state index contributed by atoms with van der Waals surface area (Å²) >= 11 is 0. The Bertz CT molecular complexity index is 1350. The Hall–Kier alpha value is -4.20. The number of allylic oxidation sites excluding steroid dienone is 1. The van der Waals surface area contributed by atoms with Crippen LogP contribution in [-0.4, -0.2) is 37.5 Å². The minimum Gasteiger partial charge on any atom is -0.497 e. The molecule has 2 aliphatic rings. The normalized spacial score (nSPS) is 19.8. The number of carbonyl (C=O) groups excluding carboxylic acids is 1. The van der Waals surface area contributed by atoms with Crippen LogP contribution >= 0.6 is 0 Å². The first kappa shape index (κ1) is 25.4. The van der Waals surface area contributed by atoms with Gasteiger partial charge in [0.15, 0.2) is 0 Å². The largest absolute Gasteiger partial charge is 0.497 e. The molecule has 1 heterocycles. The van der Waals surface area contributed by atoms with E-state index in [0.29, 0.717) is 5.75 Å². The molecular formula is C30H28F2N2O4. The molecule has 0 N–H and O–H groups in total. The highest BCUT2D eigenvalue weighted by molar-refractivity contribution is 6.09. The van der Waals surface area contributed by atoms with Crippen LogP contribution in [0.15, 0.2) is 83.5 Å². The molecule has 0 bridgehead atoms. The van der Waals surface area contributed by atoms with Crippen LogP contribution in [0.3, 0.4) is 0 Å². The van der Waals surface area contributed by atoms with Gasteiger partial charge in [-0.25, -0.2) is 5.01 Å². The highest BCUT2D eigenvalue weighted by Crippen LogP contribution is 2.45. The van der Waals surface area contributed by atoms with Crippen molar-refractivity contribution in [2.45, 2.75) is 31.9 Å². The first-order valence-electron chi connectivity index (χ1n) is 12.4. The zero-order chi connectivity index (χ0) is 26.6. The minimum absolute atomic E-state index is 0.00825. The second-order valence-electron chi connectivity index (χ2n) is 9.20. The maximum atomic E-state index is 13.8. The van der Waals surface area contributed by atoms with Gasteiger partial charge in [-0.2, -0.15) is 13.9 Å². The van der Waals surface area contributed by atoms with Crippen LogP contribution in [0.25, 0.3) is 6.08 Å². The van der Waals surface area contributed by atoms with Gasteiger partial charge >= 0.3 is 6.61 Å². The van der Waals surface area contributed by atoms with E-state index in [-0.39, 0.29) is 29.2 Å². The summed E-state index contributed by atoms with van der Waals surface area (Å²) in [6, 6.07) is 20.9. The number of alkyl halides is 2. The first-order chi connectivity index (χ1) is 18.5. The number of hydrogen-bond acceptors (Lipinski definition) is 5. The Kier molecular flexibility index (Phi) is 7.40. The van der Waals surface area contributed by atoms with Gasteiger partial charge in [0.25, 0.3) is 5.91 Å². The zero-order valence-electron chi connectivity index (χ0n) is 21.1. The number of fused-ring (bicyclic) bond motifs is 1. The topological polar surface area (TPSA) is 60.4 Å². The van der Waals surface area contributed by atoms with Crippen molar-refractivity contribution in [2.24, 2.45) is 11.0 Å². The molecule has 38 heavy (non-hydrogen) atoms. The zero-order valence-corrected chi connectivity index (χ0v) is 21.1. The monoisotopic (exact) mass is 518 g/mol. The average Bonchev–Trinajstić information content (AvgIpc) is 3.33. The summed E-state index contributed by atoms with van der Waals surface area (Å²) in [6.07, 6.45) is 4.78. The smallest absolute Gasteiger partial charge is 0.387 e. The average molecular weight is 519 g/mol. The van der Waals surface area contributed by atoms with Crippen LogP contribution in [0.4, 0.5) is 8.78 Å². The number of amides is 1. The summed E-state index contributed by atoms with van der Waals surface area (Å²) in [4.78, 5) is 13.8. The van der Waals surface area contributed by atoms with Gasteiger partial charge in [-0.3, -0.25) is 4.79 Å². The maximum absolute atomic E-state index is 13.8. The molecule has 0 spiro atoms. The third kappa shape index (κ3) is 5.25. The van der Waals surface area contributed by atoms with E-state index in [9.17, 15) is 13.6 Å². The molecule has 2 atom stereocenters. The predicted molar refractivity (Wildman–Crippen MR) is 141 cm³/mol. The van der Waals surface area contributed by atoms with Crippen LogP contribution in [0.5, 0.6) is 17.2 Å². The molecule has 0 saturated heterocycles. The van der Waals surface area contributed by atoms with E-state index in [1.54, 1.807) is 20.3 Å². The van der Waals surface area contributed by atoms with Crippen molar-refractivity contribution in [3.8, 4) is 17.2 Å². The van der Waals surface area contributed by atoms with E-state index in [1.807, 2.05) is 48.5 Å². The molecule has 5 rings (SSSR count). The molecule has 8 heteroatoms. The lowest BCUT2D eigenvalue weighted by atomic mass is 9.77. The minimum atomic E-state index is -2.98. The summed E-state index contributed by atoms with van der Waals surface area (Å²) in [6.45, 7) is -2.98. The second-order valence-corrected chi connectivity index (χ2v) is 9.20. The lowest BCUT2D eigenvalue weighted by Crippen LogP contribution is -2.32. The van der Waals surface area contributed by atoms with E-state index >= 15 is 0 Å². The van der Waals surface area contributed by atoms with Gasteiger partial charge in [0, 0.05) is 11.5 Å². The Morgan fingerprint density at radius 1 is 0.974 bits per heavy atom. The van der Waals surface area contributed by atoms with Gasteiger partial charge in [-0.05, 0) is 84.5 Å². The summed E-state index contributed by atoms with van der Waals surface area (Å²) in [5.41, 5.74) is 4.13. The number of ether oxygens (including phenoxy) is 3. The molecule has 0 radical (unpaired) electrons. The predicted octanol–water partition coefficient (Wildman–Crippen LogP) is 6.74. The van der Waals surface area contributed by atoms with Gasteiger partial charge in [-0.15, -0.1) is 0 Å². The molecule has 196 valence electrons. The van der Waals surface area contributed by atoms with Crippen LogP contribution in [-0.2, 0) is 0 Å². The Morgan fingerprint density at radius 3 is 2.32 bits per heavy atom. The molecule has 1 fully saturated rings. The quantitative estimate of drug-likeness (QED) is 0.348. The SMILES string of the molecule is COc1ccc(/C=C2/CCC[C@H]3C2=NN(C(=O)c2cccc(OC(F)F)c2)[C@H]3c2ccc(OC)cc2)cc1. The van der Waals surface area contributed by atoms with Crippen molar-refractivity contribution < 1.29 is 27.8 Å². The Morgan fingerprint density at radius 2 is 1.66 bits per heavy atom. The summed E-state index contributed by atoms with van der Waals surface area (Å²) in [5, 5.41) is 6.37. The standard InChI is InChI=1S/C30H28F2N2O4/c1-36-23-13-9-19(10-14-23)17-21-5-4-8-26-27(21)33-34(28(26)20-11-15-24(37-2)16-12-20)29(35)22-6-3-7-25(18-22)38-30(31)32/h3,6-7,9-18,26,28,30H,4-5,8H2,1-2H3/b21-17-/t26-,28-/m0/s1. The molecule has 3 aromatic rings. The number of carbonyl (C=O) groups is 1. The maximum Gasteiger partial charge on any atom is 0.387 e. The van der Waals surface area contributed by atoms with Gasteiger partial charge in [0.2, 0.25) is 0 Å². The van der Waals surface area contributed by atoms with Crippen molar-refractivity contribution in [1.29, 1.82) is 0 Å². The molecule has 6 nitrogen and oxygen atoms in total. The van der Waals surface area contributed by atoms with Crippen molar-refractivity contribution >= 4 is 17.7 Å². The van der Waals surface area contributed by atoms with Crippen molar-refractivity contribution in [3.05, 3.63) is 95.1 Å². The lowest BCUT2D eigenvalue weighted by molar-refractivity contribution is -0.0499. The highest BCUT2D eigenvalue weighted by atomic mass is 19.3. The number of methoxy groups -OCH3 is 2. The van der Waals surface area contributed by atoms with Gasteiger partial charge < -0.3 is 14.2 Å². The fraction of sp³-hybridized carbons (Fsp3) is 0.267. The number of halogens is 2. The van der Waals surface area contributed by atoms with Crippen molar-refractivity contribution in [2.75, 3.05) is 14.2 Å². The number of hydrogen-bond donors (Lipinski definition) is 0. The van der Waals surface area contributed by atoms with Gasteiger partial charge in [0.05, 0.1) is 26.0 Å². The Labute approximate surface area is 220 Å². The number of hydrazone groups is 1. The van der Waals surface area contributed by atoms with Crippen LogP contribution < -0.4 is 14.2 Å². The highest BCUT2D eigenvalue weighted by Gasteiger charge is 2.44. The summed E-state index contributed by atoms with van der Waals surface area (Å²) in [7, 11) is 3.24. The number of rotatable bonds is 7. The van der Waals surface area contributed by atoms with Crippen LogP contribution in [0.2, 0.25) is 0 Å². The lowest BCUT2D eigenvalue weighted by Gasteiger charge is -2.29. The van der Waals surface area contributed by atoms with E-state index in [0.717, 1.165) is 47.4 Å². The van der Waals surface area contributed by atoms with E-state index < -0.39 is 6.61 Å². The third-order valence-electron chi connectivity index (χ3n) is 6.93. The number of benzene rings is 3. The molecule has 0 aromatic heterocycles. The Balaban J connectivity index is 1.54. The molecule has 1 saturated carbocycles. The second kappa shape index (κ2) is 11.0. The summed E-state index contributed by atoms with van der Waals surface area (Å²) < 4.78 is 40.7. The molecule has 1 aliphatic heterocycles. The van der Waals surface area contributed by atoms with E-state index in [1.165, 1.54) is 23.2 Å². The molecule has 1 aliphatic carbocycles. The van der Waals surface area contributed by atoms with Crippen molar-refractivity contribution in [3.63, 3.8) is 0 Å². The van der Waals surface area contributed by atoms with Crippen LogP contribution in [0.1, 0.15) is 46.8 Å². The summed E-state index contributed by atoms with van der Waals surface area (Å²) in [5.74, 6) is 1.03. The van der Waals surface area contributed by atoms with Gasteiger partial charge in [0.1, 0.15) is 17.2 Å². The molecule has 0 unspecified atom stereocenters. The van der Waals surface area contributed by atoms with Gasteiger partial charge in [-0.1, -0.05) is 30.3 Å². The van der Waals surface area contributed by atoms with E-state index in [2.05, 4.69) is 10.8 Å². The number of nitrogens with zero attached hydrogens (tertiary/aromatic N) is 2. The fourth-order valence-electron chi connectivity index (χ4n) is 5.14. The first-order valence-corrected chi connectivity index (χ1v) is 12.4. The third-order valence-corrected chi connectivity index (χ3v) is 6.93. The molecule has 3 aromatic carbocycles. The van der Waals surface area contributed by atoms with Crippen molar-refractivity contribution in [1.82, 2.24) is 5.01 Å². The molecule has 1 amide bonds. The fourth-order valence-corrected chi connectivity index (χ4v) is 5.14. The van der Waals surface area contributed by atoms with E-state index in [4.69, 9.17) is 14.6 Å².